The normalized spacial score (nSPS) is 30.1. The molecule has 1 heterocycles. The van der Waals surface area contributed by atoms with Crippen LogP contribution in [0.2, 0.25) is 0 Å². The molecule has 0 aliphatic carbocycles. The molecule has 1 saturated heterocycles. The van der Waals surface area contributed by atoms with Crippen LogP contribution in [0, 0.1) is 0 Å². The van der Waals surface area contributed by atoms with E-state index in [-0.39, 0.29) is 21.6 Å². The van der Waals surface area contributed by atoms with E-state index >= 15 is 0 Å². The topological polar surface area (TPSA) is 38.3 Å². The van der Waals surface area contributed by atoms with Gasteiger partial charge in [-0.25, -0.2) is 0 Å². The molecule has 13 heavy (non-hydrogen) atoms. The van der Waals surface area contributed by atoms with Gasteiger partial charge in [0.15, 0.2) is 0 Å². The van der Waals surface area contributed by atoms with E-state index in [0.717, 1.165) is 0 Å². The quantitative estimate of drug-likeness (QED) is 0.653. The van der Waals surface area contributed by atoms with Crippen molar-refractivity contribution in [3.63, 3.8) is 0 Å². The van der Waals surface area contributed by atoms with E-state index in [1.165, 1.54) is 7.11 Å². The third kappa shape index (κ3) is 2.17. The lowest BCUT2D eigenvalue weighted by Crippen LogP contribution is -2.47. The molecule has 76 valence electrons. The first-order valence-corrected chi connectivity index (χ1v) is 5.16. The number of carbonyl (C=O) groups excluding carboxylic acids is 1. The van der Waals surface area contributed by atoms with Crippen molar-refractivity contribution in [2.24, 2.45) is 0 Å². The standard InChI is InChI=1S/C9H17NO2S/c1-8(2)6(7(11)12-5)10-9(3,4)13-8/h6,10H,1-5H3/t6-/m1/s1. The van der Waals surface area contributed by atoms with E-state index in [0.29, 0.717) is 0 Å². The summed E-state index contributed by atoms with van der Waals surface area (Å²) in [4.78, 5) is 11.4. The highest BCUT2D eigenvalue weighted by Gasteiger charge is 2.49. The lowest BCUT2D eigenvalue weighted by atomic mass is 10.0. The zero-order valence-corrected chi connectivity index (χ0v) is 9.62. The highest BCUT2D eigenvalue weighted by molar-refractivity contribution is 8.02. The van der Waals surface area contributed by atoms with Gasteiger partial charge >= 0.3 is 5.97 Å². The van der Waals surface area contributed by atoms with Gasteiger partial charge in [-0.15, -0.1) is 11.8 Å². The molecule has 0 unspecified atom stereocenters. The Morgan fingerprint density at radius 1 is 1.38 bits per heavy atom. The minimum absolute atomic E-state index is 0.0532. The van der Waals surface area contributed by atoms with Gasteiger partial charge in [0.05, 0.1) is 12.0 Å². The summed E-state index contributed by atoms with van der Waals surface area (Å²) >= 11 is 1.76. The molecule has 0 aromatic carbocycles. The van der Waals surface area contributed by atoms with Gasteiger partial charge < -0.3 is 4.74 Å². The SMILES string of the molecule is COC(=O)[C@H]1NC(C)(C)SC1(C)C. The summed E-state index contributed by atoms with van der Waals surface area (Å²) in [7, 11) is 1.43. The van der Waals surface area contributed by atoms with Crippen molar-refractivity contribution in [3.05, 3.63) is 0 Å². The molecule has 4 heteroatoms. The van der Waals surface area contributed by atoms with Crippen molar-refractivity contribution in [1.29, 1.82) is 0 Å². The molecule has 0 aromatic heterocycles. The number of carbonyl (C=O) groups is 1. The van der Waals surface area contributed by atoms with Gasteiger partial charge in [0, 0.05) is 4.75 Å². The second-order valence-electron chi connectivity index (χ2n) is 4.32. The van der Waals surface area contributed by atoms with Gasteiger partial charge in [-0.05, 0) is 27.7 Å². The zero-order valence-electron chi connectivity index (χ0n) is 8.80. The number of rotatable bonds is 1. The Kier molecular flexibility index (Phi) is 2.65. The minimum Gasteiger partial charge on any atom is -0.468 e. The third-order valence-corrected chi connectivity index (χ3v) is 3.53. The Balaban J connectivity index is 2.82. The van der Waals surface area contributed by atoms with Crippen molar-refractivity contribution in [2.45, 2.75) is 43.4 Å². The second-order valence-corrected chi connectivity index (χ2v) is 6.59. The maximum absolute atomic E-state index is 11.4. The Bertz CT molecular complexity index is 226. The van der Waals surface area contributed by atoms with Gasteiger partial charge in [-0.2, -0.15) is 0 Å². The predicted octanol–water partition coefficient (Wildman–Crippen LogP) is 1.38. The van der Waals surface area contributed by atoms with Gasteiger partial charge in [0.25, 0.3) is 0 Å². The number of methoxy groups -OCH3 is 1. The van der Waals surface area contributed by atoms with Gasteiger partial charge in [0.2, 0.25) is 0 Å². The molecule has 0 amide bonds. The zero-order chi connectivity index (χ0) is 10.3. The van der Waals surface area contributed by atoms with E-state index in [1.54, 1.807) is 11.8 Å². The maximum atomic E-state index is 11.4. The summed E-state index contributed by atoms with van der Waals surface area (Å²) < 4.78 is 4.65. The molecule has 1 N–H and O–H groups in total. The van der Waals surface area contributed by atoms with Crippen LogP contribution >= 0.6 is 11.8 Å². The maximum Gasteiger partial charge on any atom is 0.324 e. The van der Waals surface area contributed by atoms with Crippen LogP contribution in [-0.2, 0) is 9.53 Å². The Morgan fingerprint density at radius 2 is 1.92 bits per heavy atom. The van der Waals surface area contributed by atoms with Crippen LogP contribution in [0.3, 0.4) is 0 Å². The van der Waals surface area contributed by atoms with Crippen LogP contribution in [0.25, 0.3) is 0 Å². The number of ether oxygens (including phenoxy) is 1. The van der Waals surface area contributed by atoms with Gasteiger partial charge in [0.1, 0.15) is 6.04 Å². The molecule has 0 bridgehead atoms. The van der Waals surface area contributed by atoms with Gasteiger partial charge in [-0.1, -0.05) is 0 Å². The number of hydrogen-bond donors (Lipinski definition) is 1. The van der Waals surface area contributed by atoms with Crippen LogP contribution in [0.15, 0.2) is 0 Å². The van der Waals surface area contributed by atoms with Crippen LogP contribution in [0.4, 0.5) is 0 Å². The van der Waals surface area contributed by atoms with Crippen molar-refractivity contribution in [3.8, 4) is 0 Å². The van der Waals surface area contributed by atoms with E-state index < -0.39 is 0 Å². The fourth-order valence-electron chi connectivity index (χ4n) is 1.73. The summed E-state index contributed by atoms with van der Waals surface area (Å²) in [5, 5.41) is 3.26. The number of esters is 1. The highest BCUT2D eigenvalue weighted by Crippen LogP contribution is 2.44. The van der Waals surface area contributed by atoms with E-state index in [9.17, 15) is 4.79 Å². The smallest absolute Gasteiger partial charge is 0.324 e. The molecule has 1 fully saturated rings. The van der Waals surface area contributed by atoms with Crippen LogP contribution in [0.5, 0.6) is 0 Å². The molecule has 1 rings (SSSR count). The second kappa shape index (κ2) is 3.17. The molecule has 0 aromatic rings. The van der Waals surface area contributed by atoms with Crippen molar-refractivity contribution in [1.82, 2.24) is 5.32 Å². The lowest BCUT2D eigenvalue weighted by Gasteiger charge is -2.22. The molecule has 0 radical (unpaired) electrons. The minimum atomic E-state index is -0.211. The fourth-order valence-corrected chi connectivity index (χ4v) is 3.49. The van der Waals surface area contributed by atoms with Crippen molar-refractivity contribution < 1.29 is 9.53 Å². The molecule has 0 saturated carbocycles. The molecule has 1 aliphatic heterocycles. The Morgan fingerprint density at radius 3 is 2.23 bits per heavy atom. The van der Waals surface area contributed by atoms with Crippen LogP contribution in [-0.4, -0.2) is 28.7 Å². The monoisotopic (exact) mass is 203 g/mol. The average molecular weight is 203 g/mol. The summed E-state index contributed by atoms with van der Waals surface area (Å²) in [5.41, 5.74) is 0. The molecule has 3 nitrogen and oxygen atoms in total. The third-order valence-electron chi connectivity index (χ3n) is 2.14. The fraction of sp³-hybridized carbons (Fsp3) is 0.889. The lowest BCUT2D eigenvalue weighted by molar-refractivity contribution is -0.143. The van der Waals surface area contributed by atoms with E-state index in [4.69, 9.17) is 4.74 Å². The molecule has 1 atom stereocenters. The van der Waals surface area contributed by atoms with E-state index in [2.05, 4.69) is 33.0 Å². The summed E-state index contributed by atoms with van der Waals surface area (Å²) in [6.07, 6.45) is 0. The highest BCUT2D eigenvalue weighted by atomic mass is 32.2. The average Bonchev–Trinajstić information content (AvgIpc) is 2.17. The summed E-state index contributed by atoms with van der Waals surface area (Å²) in [6.45, 7) is 8.26. The number of nitrogens with one attached hydrogen (secondary N) is 1. The first-order valence-electron chi connectivity index (χ1n) is 4.34. The summed E-state index contributed by atoms with van der Waals surface area (Å²) in [5.74, 6) is -0.178. The molecular weight excluding hydrogens is 186 g/mol. The summed E-state index contributed by atoms with van der Waals surface area (Å²) in [6, 6.07) is -0.211. The van der Waals surface area contributed by atoms with Crippen LogP contribution in [0.1, 0.15) is 27.7 Å². The number of thioether (sulfide) groups is 1. The first kappa shape index (κ1) is 10.9. The van der Waals surface area contributed by atoms with Crippen molar-refractivity contribution >= 4 is 17.7 Å². The molecule has 0 spiro atoms. The molecular formula is C9H17NO2S. The predicted molar refractivity (Wildman–Crippen MR) is 54.7 cm³/mol. The van der Waals surface area contributed by atoms with E-state index in [1.807, 2.05) is 0 Å². The molecule has 1 aliphatic rings. The van der Waals surface area contributed by atoms with Crippen molar-refractivity contribution in [2.75, 3.05) is 7.11 Å². The Hall–Kier alpha value is -0.220. The first-order chi connectivity index (χ1) is 5.78. The van der Waals surface area contributed by atoms with Gasteiger partial charge in [-0.3, -0.25) is 10.1 Å². The largest absolute Gasteiger partial charge is 0.468 e. The Labute approximate surface area is 83.6 Å². The number of hydrogen-bond acceptors (Lipinski definition) is 4. The van der Waals surface area contributed by atoms with Crippen LogP contribution < -0.4 is 5.32 Å².